The third kappa shape index (κ3) is 1.24. The maximum absolute atomic E-state index is 12.3. The van der Waals surface area contributed by atoms with Crippen LogP contribution in [0.4, 0.5) is 13.2 Å². The first-order valence-corrected chi connectivity index (χ1v) is 3.00. The molecular weight excluding hydrogens is 147 g/mol. The van der Waals surface area contributed by atoms with E-state index < -0.39 is 18.6 Å². The molecule has 0 aliphatic carbocycles. The topological polar surface area (TPSA) is 23.5 Å². The maximum Gasteiger partial charge on any atom is 0.208 e. The summed E-state index contributed by atoms with van der Waals surface area (Å²) in [4.78, 5) is 0. The number of hydrogen-bond acceptors (Lipinski definition) is 2. The van der Waals surface area contributed by atoms with E-state index in [9.17, 15) is 13.2 Å². The first-order chi connectivity index (χ1) is 4.63. The Morgan fingerprint density at radius 2 is 1.90 bits per heavy atom. The minimum absolute atomic E-state index is 0.150. The molecule has 1 rings (SSSR count). The molecular formula is C5H8F3NO. The highest BCUT2D eigenvalue weighted by Crippen LogP contribution is 2.22. The van der Waals surface area contributed by atoms with Gasteiger partial charge in [0.1, 0.15) is 6.17 Å². The Hall–Kier alpha value is -0.290. The lowest BCUT2D eigenvalue weighted by molar-refractivity contribution is -0.216. The van der Waals surface area contributed by atoms with Crippen molar-refractivity contribution >= 4 is 0 Å². The number of halogens is 3. The molecule has 0 saturated carbocycles. The van der Waals surface area contributed by atoms with Gasteiger partial charge in [-0.15, -0.1) is 0 Å². The molecule has 0 radical (unpaired) electrons. The fourth-order valence-corrected chi connectivity index (χ4v) is 0.875. The number of hydroxylamine groups is 2. The Balaban J connectivity index is 2.52. The van der Waals surface area contributed by atoms with Crippen LogP contribution in [0.15, 0.2) is 0 Å². The van der Waals surface area contributed by atoms with E-state index in [1.165, 1.54) is 0 Å². The molecule has 5 heteroatoms. The van der Waals surface area contributed by atoms with Gasteiger partial charge in [0.25, 0.3) is 0 Å². The standard InChI is InChI=1S/C5H8F3NO/c6-3-1-2-9(10)5(8)4(3)7/h3-5,10H,1-2H2. The lowest BCUT2D eigenvalue weighted by atomic mass is 10.1. The molecule has 3 unspecified atom stereocenters. The Labute approximate surface area is 56.2 Å². The van der Waals surface area contributed by atoms with Crippen LogP contribution in [0, 0.1) is 0 Å². The van der Waals surface area contributed by atoms with Gasteiger partial charge in [0.2, 0.25) is 6.30 Å². The predicted molar refractivity (Wildman–Crippen MR) is 27.8 cm³/mol. The predicted octanol–water partition coefficient (Wildman–Crippen LogP) is 1.05. The van der Waals surface area contributed by atoms with E-state index in [1.807, 2.05) is 0 Å². The SMILES string of the molecule is ON1CCC(F)C(F)C1F. The van der Waals surface area contributed by atoms with Crippen molar-refractivity contribution in [2.24, 2.45) is 0 Å². The average Bonchev–Trinajstić information content (AvgIpc) is 1.93. The molecule has 1 aliphatic heterocycles. The fourth-order valence-electron chi connectivity index (χ4n) is 0.875. The number of alkyl halides is 3. The van der Waals surface area contributed by atoms with Crippen LogP contribution in [-0.2, 0) is 0 Å². The van der Waals surface area contributed by atoms with Gasteiger partial charge >= 0.3 is 0 Å². The maximum atomic E-state index is 12.3. The van der Waals surface area contributed by atoms with E-state index in [0.29, 0.717) is 0 Å². The summed E-state index contributed by atoms with van der Waals surface area (Å²) < 4.78 is 36.8. The highest BCUT2D eigenvalue weighted by Gasteiger charge is 2.38. The molecule has 2 nitrogen and oxygen atoms in total. The van der Waals surface area contributed by atoms with Gasteiger partial charge < -0.3 is 5.21 Å². The van der Waals surface area contributed by atoms with Crippen molar-refractivity contribution < 1.29 is 18.4 Å². The molecule has 1 aliphatic rings. The van der Waals surface area contributed by atoms with E-state index in [4.69, 9.17) is 5.21 Å². The molecule has 1 heterocycles. The van der Waals surface area contributed by atoms with Gasteiger partial charge in [-0.3, -0.25) is 0 Å². The zero-order valence-electron chi connectivity index (χ0n) is 5.17. The summed E-state index contributed by atoms with van der Waals surface area (Å²) in [6, 6.07) is 0. The molecule has 0 bridgehead atoms. The molecule has 60 valence electrons. The van der Waals surface area contributed by atoms with E-state index >= 15 is 0 Å². The second kappa shape index (κ2) is 2.75. The molecule has 0 spiro atoms. The third-order valence-corrected chi connectivity index (χ3v) is 1.53. The van der Waals surface area contributed by atoms with Gasteiger partial charge in [0.05, 0.1) is 0 Å². The van der Waals surface area contributed by atoms with Crippen LogP contribution in [0.1, 0.15) is 6.42 Å². The van der Waals surface area contributed by atoms with Gasteiger partial charge in [0, 0.05) is 6.54 Å². The smallest absolute Gasteiger partial charge is 0.208 e. The first kappa shape index (κ1) is 7.81. The van der Waals surface area contributed by atoms with Crippen LogP contribution in [-0.4, -0.2) is 35.5 Å². The zero-order valence-corrected chi connectivity index (χ0v) is 5.17. The lowest BCUT2D eigenvalue weighted by Gasteiger charge is -2.29. The van der Waals surface area contributed by atoms with Gasteiger partial charge in [0.15, 0.2) is 6.17 Å². The van der Waals surface area contributed by atoms with Gasteiger partial charge in [-0.2, -0.15) is 5.06 Å². The second-order valence-corrected chi connectivity index (χ2v) is 2.28. The minimum Gasteiger partial charge on any atom is -0.311 e. The largest absolute Gasteiger partial charge is 0.311 e. The molecule has 3 atom stereocenters. The van der Waals surface area contributed by atoms with E-state index in [2.05, 4.69) is 0 Å². The van der Waals surface area contributed by atoms with Gasteiger partial charge in [-0.05, 0) is 6.42 Å². The van der Waals surface area contributed by atoms with Crippen molar-refractivity contribution in [3.8, 4) is 0 Å². The number of hydrogen-bond donors (Lipinski definition) is 1. The summed E-state index contributed by atoms with van der Waals surface area (Å²) in [5.74, 6) is 0. The number of rotatable bonds is 0. The van der Waals surface area contributed by atoms with Gasteiger partial charge in [-0.1, -0.05) is 0 Å². The van der Waals surface area contributed by atoms with Crippen molar-refractivity contribution in [3.05, 3.63) is 0 Å². The lowest BCUT2D eigenvalue weighted by Crippen LogP contribution is -2.47. The van der Waals surface area contributed by atoms with Crippen molar-refractivity contribution in [2.75, 3.05) is 6.54 Å². The normalized spacial score (nSPS) is 43.8. The fraction of sp³-hybridized carbons (Fsp3) is 1.00. The Morgan fingerprint density at radius 3 is 2.40 bits per heavy atom. The molecule has 0 aromatic carbocycles. The number of piperidine rings is 1. The van der Waals surface area contributed by atoms with Crippen molar-refractivity contribution in [2.45, 2.75) is 25.1 Å². The zero-order chi connectivity index (χ0) is 7.72. The first-order valence-electron chi connectivity index (χ1n) is 3.00. The Morgan fingerprint density at radius 1 is 1.30 bits per heavy atom. The van der Waals surface area contributed by atoms with Crippen LogP contribution in [0.3, 0.4) is 0 Å². The summed E-state index contributed by atoms with van der Waals surface area (Å²) in [6.07, 6.45) is -6.35. The summed E-state index contributed by atoms with van der Waals surface area (Å²) in [5.41, 5.74) is 0. The Kier molecular flexibility index (Phi) is 2.15. The molecule has 1 N–H and O–H groups in total. The summed E-state index contributed by atoms with van der Waals surface area (Å²) >= 11 is 0. The monoisotopic (exact) mass is 155 g/mol. The average molecular weight is 155 g/mol. The molecule has 0 amide bonds. The summed E-state index contributed by atoms with van der Waals surface area (Å²) in [6.45, 7) is -0.150. The second-order valence-electron chi connectivity index (χ2n) is 2.28. The van der Waals surface area contributed by atoms with Crippen LogP contribution in [0.5, 0.6) is 0 Å². The van der Waals surface area contributed by atoms with Crippen LogP contribution < -0.4 is 0 Å². The third-order valence-electron chi connectivity index (χ3n) is 1.53. The van der Waals surface area contributed by atoms with Crippen molar-refractivity contribution in [1.29, 1.82) is 0 Å². The van der Waals surface area contributed by atoms with E-state index in [1.54, 1.807) is 0 Å². The Bertz CT molecular complexity index is 109. The van der Waals surface area contributed by atoms with Crippen LogP contribution in [0.2, 0.25) is 0 Å². The van der Waals surface area contributed by atoms with E-state index in [0.717, 1.165) is 0 Å². The molecule has 1 fully saturated rings. The quantitative estimate of drug-likeness (QED) is 0.528. The van der Waals surface area contributed by atoms with Gasteiger partial charge in [-0.25, -0.2) is 13.2 Å². The highest BCUT2D eigenvalue weighted by molar-refractivity contribution is 4.80. The molecule has 0 aromatic heterocycles. The van der Waals surface area contributed by atoms with Crippen LogP contribution >= 0.6 is 0 Å². The highest BCUT2D eigenvalue weighted by atomic mass is 19.2. The van der Waals surface area contributed by atoms with E-state index in [-0.39, 0.29) is 18.0 Å². The minimum atomic E-state index is -2.21. The molecule has 0 aromatic rings. The molecule has 1 saturated heterocycles. The number of nitrogens with zero attached hydrogens (tertiary/aromatic N) is 1. The summed E-state index contributed by atoms with van der Waals surface area (Å²) in [7, 11) is 0. The van der Waals surface area contributed by atoms with Crippen molar-refractivity contribution in [1.82, 2.24) is 5.06 Å². The molecule has 10 heavy (non-hydrogen) atoms. The van der Waals surface area contributed by atoms with Crippen LogP contribution in [0.25, 0.3) is 0 Å². The summed E-state index contributed by atoms with van der Waals surface area (Å²) in [5, 5.41) is 8.70. The van der Waals surface area contributed by atoms with Crippen molar-refractivity contribution in [3.63, 3.8) is 0 Å².